The highest BCUT2D eigenvalue weighted by molar-refractivity contribution is 7.92. The second-order valence-corrected chi connectivity index (χ2v) is 11.5. The average molecular weight is 566 g/mol. The van der Waals surface area contributed by atoms with Gasteiger partial charge in [-0.1, -0.05) is 6.07 Å². The van der Waals surface area contributed by atoms with E-state index in [1.807, 2.05) is 43.0 Å². The summed E-state index contributed by atoms with van der Waals surface area (Å²) in [7, 11) is -2.08. The summed E-state index contributed by atoms with van der Waals surface area (Å²) < 4.78 is 47.8. The van der Waals surface area contributed by atoms with E-state index in [0.29, 0.717) is 22.2 Å². The third-order valence-corrected chi connectivity index (χ3v) is 7.63. The first-order valence-electron chi connectivity index (χ1n) is 12.2. The summed E-state index contributed by atoms with van der Waals surface area (Å²) in [6.07, 6.45) is 2.83. The SMILES string of the molecule is COc1ccc(N2C(=S)NC(c3ccccn3)C2c2cc(C)n(-c3ccc(F)cc3)c2C)cc1NS(C)(=O)=O. The first-order chi connectivity index (χ1) is 18.6. The van der Waals surface area contributed by atoms with Gasteiger partial charge in [0.05, 0.1) is 36.8 Å². The molecule has 3 heterocycles. The molecular weight excluding hydrogens is 537 g/mol. The van der Waals surface area contributed by atoms with Crippen molar-refractivity contribution in [3.05, 3.63) is 101 Å². The van der Waals surface area contributed by atoms with Crippen LogP contribution in [-0.2, 0) is 10.0 Å². The Morgan fingerprint density at radius 3 is 2.41 bits per heavy atom. The number of anilines is 2. The van der Waals surface area contributed by atoms with Crippen LogP contribution in [0.3, 0.4) is 0 Å². The fraction of sp³-hybridized carbons (Fsp3) is 0.214. The van der Waals surface area contributed by atoms with Crippen LogP contribution < -0.4 is 19.7 Å². The molecule has 2 aromatic heterocycles. The van der Waals surface area contributed by atoms with Gasteiger partial charge < -0.3 is 19.5 Å². The summed E-state index contributed by atoms with van der Waals surface area (Å²) in [5.41, 5.74) is 5.56. The summed E-state index contributed by atoms with van der Waals surface area (Å²) in [6, 6.07) is 18.8. The number of hydrogen-bond acceptors (Lipinski definition) is 5. The number of sulfonamides is 1. The largest absolute Gasteiger partial charge is 0.495 e. The number of pyridine rings is 1. The molecule has 0 spiro atoms. The van der Waals surface area contributed by atoms with Crippen LogP contribution in [0.15, 0.2) is 72.9 Å². The monoisotopic (exact) mass is 565 g/mol. The number of rotatable bonds is 7. The molecule has 5 rings (SSSR count). The number of aromatic nitrogens is 2. The number of thiocarbonyl (C=S) groups is 1. The molecule has 1 fully saturated rings. The molecule has 0 saturated carbocycles. The van der Waals surface area contributed by atoms with Crippen molar-refractivity contribution in [2.45, 2.75) is 25.9 Å². The van der Waals surface area contributed by atoms with Crippen LogP contribution in [0.1, 0.15) is 34.7 Å². The van der Waals surface area contributed by atoms with Crippen molar-refractivity contribution in [3.63, 3.8) is 0 Å². The Bertz CT molecular complexity index is 1640. The average Bonchev–Trinajstić information content (AvgIpc) is 3.39. The number of halogens is 1. The number of nitrogens with zero attached hydrogens (tertiary/aromatic N) is 3. The molecule has 2 unspecified atom stereocenters. The number of ether oxygens (including phenoxy) is 1. The van der Waals surface area contributed by atoms with E-state index in [0.717, 1.165) is 34.6 Å². The topological polar surface area (TPSA) is 88.5 Å². The molecular formula is C28H28FN5O3S2. The van der Waals surface area contributed by atoms with Gasteiger partial charge in [0.15, 0.2) is 5.11 Å². The van der Waals surface area contributed by atoms with Gasteiger partial charge in [-0.3, -0.25) is 9.71 Å². The minimum atomic E-state index is -3.56. The van der Waals surface area contributed by atoms with Crippen molar-refractivity contribution in [2.75, 3.05) is 23.0 Å². The zero-order chi connectivity index (χ0) is 27.9. The van der Waals surface area contributed by atoms with Gasteiger partial charge in [0.1, 0.15) is 11.6 Å². The lowest BCUT2D eigenvalue weighted by Crippen LogP contribution is -2.29. The summed E-state index contributed by atoms with van der Waals surface area (Å²) in [6.45, 7) is 4.02. The van der Waals surface area contributed by atoms with Gasteiger partial charge in [-0.25, -0.2) is 12.8 Å². The molecule has 2 aromatic carbocycles. The van der Waals surface area contributed by atoms with Crippen molar-refractivity contribution in [1.29, 1.82) is 0 Å². The zero-order valence-corrected chi connectivity index (χ0v) is 23.5. The Hall–Kier alpha value is -3.96. The lowest BCUT2D eigenvalue weighted by atomic mass is 9.96. The maximum atomic E-state index is 13.7. The predicted molar refractivity (Wildman–Crippen MR) is 155 cm³/mol. The van der Waals surface area contributed by atoms with E-state index in [1.165, 1.54) is 19.2 Å². The van der Waals surface area contributed by atoms with Crippen molar-refractivity contribution in [1.82, 2.24) is 14.9 Å². The van der Waals surface area contributed by atoms with E-state index in [-0.39, 0.29) is 17.9 Å². The van der Waals surface area contributed by atoms with Crippen LogP contribution in [0.2, 0.25) is 0 Å². The van der Waals surface area contributed by atoms with Crippen molar-refractivity contribution < 1.29 is 17.5 Å². The summed E-state index contributed by atoms with van der Waals surface area (Å²) >= 11 is 5.85. The molecule has 4 aromatic rings. The summed E-state index contributed by atoms with van der Waals surface area (Å²) in [5, 5.41) is 3.90. The lowest BCUT2D eigenvalue weighted by Gasteiger charge is -2.29. The molecule has 1 aliphatic heterocycles. The number of nitrogens with one attached hydrogen (secondary N) is 2. The van der Waals surface area contributed by atoms with Crippen LogP contribution in [0, 0.1) is 19.7 Å². The normalized spacial score (nSPS) is 17.3. The molecule has 11 heteroatoms. The van der Waals surface area contributed by atoms with Gasteiger partial charge in [-0.05, 0) is 92.3 Å². The molecule has 0 amide bonds. The molecule has 0 bridgehead atoms. The van der Waals surface area contributed by atoms with Gasteiger partial charge >= 0.3 is 0 Å². The number of hydrogen-bond donors (Lipinski definition) is 2. The zero-order valence-electron chi connectivity index (χ0n) is 21.8. The lowest BCUT2D eigenvalue weighted by molar-refractivity contribution is 0.417. The van der Waals surface area contributed by atoms with Crippen molar-refractivity contribution >= 4 is 38.7 Å². The van der Waals surface area contributed by atoms with Crippen LogP contribution in [0.5, 0.6) is 5.75 Å². The Balaban J connectivity index is 1.68. The second-order valence-electron chi connectivity index (χ2n) is 9.39. The summed E-state index contributed by atoms with van der Waals surface area (Å²) in [4.78, 5) is 6.58. The highest BCUT2D eigenvalue weighted by Gasteiger charge is 2.42. The number of aryl methyl sites for hydroxylation is 1. The molecule has 0 radical (unpaired) electrons. The Morgan fingerprint density at radius 2 is 1.77 bits per heavy atom. The van der Waals surface area contributed by atoms with E-state index in [1.54, 1.807) is 30.5 Å². The molecule has 1 aliphatic rings. The molecule has 2 atom stereocenters. The van der Waals surface area contributed by atoms with E-state index in [9.17, 15) is 12.8 Å². The molecule has 8 nitrogen and oxygen atoms in total. The minimum Gasteiger partial charge on any atom is -0.495 e. The standard InChI is InChI=1S/C28H28FN5O3S2/c1-17-15-22(18(2)33(17)20-10-8-19(29)9-11-20)27-26(23-7-5-6-14-30-23)31-28(38)34(27)21-12-13-25(37-3)24(16-21)32-39(4,35)36/h5-16,26-27,32H,1-4H3,(H,31,38). The third-order valence-electron chi connectivity index (χ3n) is 6.73. The Labute approximate surface area is 232 Å². The Morgan fingerprint density at radius 1 is 1.05 bits per heavy atom. The van der Waals surface area contributed by atoms with Crippen LogP contribution in [-0.4, -0.2) is 36.4 Å². The number of benzene rings is 2. The first-order valence-corrected chi connectivity index (χ1v) is 14.5. The number of methoxy groups -OCH3 is 1. The molecule has 2 N–H and O–H groups in total. The first kappa shape index (κ1) is 26.6. The van der Waals surface area contributed by atoms with E-state index >= 15 is 0 Å². The van der Waals surface area contributed by atoms with Gasteiger partial charge in [0.2, 0.25) is 10.0 Å². The third kappa shape index (κ3) is 5.19. The maximum Gasteiger partial charge on any atom is 0.229 e. The molecule has 39 heavy (non-hydrogen) atoms. The molecule has 0 aliphatic carbocycles. The van der Waals surface area contributed by atoms with Gasteiger partial charge in [-0.2, -0.15) is 0 Å². The molecule has 202 valence electrons. The van der Waals surface area contributed by atoms with Gasteiger partial charge in [-0.15, -0.1) is 0 Å². The van der Waals surface area contributed by atoms with E-state index in [4.69, 9.17) is 17.0 Å². The van der Waals surface area contributed by atoms with E-state index in [2.05, 4.69) is 25.7 Å². The molecule has 1 saturated heterocycles. The van der Waals surface area contributed by atoms with Crippen molar-refractivity contribution in [2.24, 2.45) is 0 Å². The fourth-order valence-corrected chi connectivity index (χ4v) is 6.05. The highest BCUT2D eigenvalue weighted by atomic mass is 32.2. The van der Waals surface area contributed by atoms with Crippen LogP contribution in [0.25, 0.3) is 5.69 Å². The van der Waals surface area contributed by atoms with Crippen LogP contribution in [0.4, 0.5) is 15.8 Å². The van der Waals surface area contributed by atoms with Gasteiger partial charge in [0, 0.05) is 29.0 Å². The predicted octanol–water partition coefficient (Wildman–Crippen LogP) is 5.19. The fourth-order valence-electron chi connectivity index (χ4n) is 5.15. The minimum absolute atomic E-state index is 0.297. The highest BCUT2D eigenvalue weighted by Crippen LogP contribution is 2.45. The van der Waals surface area contributed by atoms with Crippen LogP contribution >= 0.6 is 12.2 Å². The van der Waals surface area contributed by atoms with Gasteiger partial charge in [0.25, 0.3) is 0 Å². The summed E-state index contributed by atoms with van der Waals surface area (Å²) in [5.74, 6) is 0.0840. The maximum absolute atomic E-state index is 13.7. The quantitative estimate of drug-likeness (QED) is 0.298. The smallest absolute Gasteiger partial charge is 0.229 e. The second kappa shape index (κ2) is 10.3. The van der Waals surface area contributed by atoms with Crippen molar-refractivity contribution in [3.8, 4) is 11.4 Å². The Kier molecular flexibility index (Phi) is 7.04. The van der Waals surface area contributed by atoms with E-state index < -0.39 is 10.0 Å².